The molecule has 2 rings (SSSR count). The van der Waals surface area contributed by atoms with Gasteiger partial charge in [-0.2, -0.15) is 0 Å². The smallest absolute Gasteiger partial charge is 0.119 e. The fourth-order valence-electron chi connectivity index (χ4n) is 1.51. The molecule has 1 N–H and O–H groups in total. The Balaban J connectivity index is 1.90. The van der Waals surface area contributed by atoms with Crippen LogP contribution in [0.4, 0.5) is 0 Å². The Hall–Kier alpha value is -1.68. The Bertz CT molecular complexity index is 385. The molecule has 0 amide bonds. The van der Waals surface area contributed by atoms with E-state index in [1.54, 1.807) is 17.2 Å². The van der Waals surface area contributed by atoms with Gasteiger partial charge in [0.1, 0.15) is 12.7 Å². The molecule has 0 radical (unpaired) electrons. The molecule has 15 heavy (non-hydrogen) atoms. The van der Waals surface area contributed by atoms with Gasteiger partial charge < -0.3 is 9.67 Å². The van der Waals surface area contributed by atoms with E-state index in [0.717, 1.165) is 5.56 Å². The lowest BCUT2D eigenvalue weighted by molar-refractivity contribution is 0.154. The largest absolute Gasteiger partial charge is 0.391 e. The van der Waals surface area contributed by atoms with E-state index in [2.05, 4.69) is 10.2 Å². The summed E-state index contributed by atoms with van der Waals surface area (Å²) in [6.07, 6.45) is 3.46. The molecule has 4 heteroatoms. The van der Waals surface area contributed by atoms with E-state index < -0.39 is 6.10 Å². The zero-order chi connectivity index (χ0) is 10.5. The summed E-state index contributed by atoms with van der Waals surface area (Å²) >= 11 is 0. The van der Waals surface area contributed by atoms with E-state index >= 15 is 0 Å². The molecule has 0 fully saturated rings. The van der Waals surface area contributed by atoms with Crippen LogP contribution in [0.1, 0.15) is 5.56 Å². The first-order chi connectivity index (χ1) is 7.34. The van der Waals surface area contributed by atoms with Gasteiger partial charge in [-0.15, -0.1) is 10.2 Å². The third-order valence-electron chi connectivity index (χ3n) is 2.20. The molecule has 0 aliphatic rings. The van der Waals surface area contributed by atoms with Crippen molar-refractivity contribution in [1.29, 1.82) is 0 Å². The van der Waals surface area contributed by atoms with Crippen molar-refractivity contribution in [2.75, 3.05) is 0 Å². The van der Waals surface area contributed by atoms with Gasteiger partial charge in [-0.05, 0) is 5.56 Å². The maximum Gasteiger partial charge on any atom is 0.119 e. The van der Waals surface area contributed by atoms with Crippen molar-refractivity contribution in [3.63, 3.8) is 0 Å². The average Bonchev–Trinajstić information content (AvgIpc) is 2.71. The van der Waals surface area contributed by atoms with E-state index in [1.165, 1.54) is 0 Å². The van der Waals surface area contributed by atoms with Crippen molar-refractivity contribution in [3.8, 4) is 0 Å². The maximum absolute atomic E-state index is 9.80. The minimum atomic E-state index is -0.400. The second-order valence-electron chi connectivity index (χ2n) is 3.50. The molecule has 0 aliphatic heterocycles. The first-order valence-electron chi connectivity index (χ1n) is 4.89. The predicted octanol–water partition coefficient (Wildman–Crippen LogP) is 0.882. The lowest BCUT2D eigenvalue weighted by Crippen LogP contribution is -2.17. The van der Waals surface area contributed by atoms with Crippen molar-refractivity contribution in [2.24, 2.45) is 0 Å². The highest BCUT2D eigenvalue weighted by Gasteiger charge is 2.05. The Kier molecular flexibility index (Phi) is 3.09. The molecule has 0 bridgehead atoms. The number of rotatable bonds is 4. The highest BCUT2D eigenvalue weighted by molar-refractivity contribution is 5.15. The Labute approximate surface area is 88.2 Å². The van der Waals surface area contributed by atoms with Crippen LogP contribution in [0.15, 0.2) is 43.0 Å². The third-order valence-corrected chi connectivity index (χ3v) is 2.20. The van der Waals surface area contributed by atoms with Gasteiger partial charge >= 0.3 is 0 Å². The van der Waals surface area contributed by atoms with Crippen LogP contribution in [0.3, 0.4) is 0 Å². The van der Waals surface area contributed by atoms with E-state index in [1.807, 2.05) is 30.3 Å². The molecule has 4 nitrogen and oxygen atoms in total. The Morgan fingerprint density at radius 3 is 2.47 bits per heavy atom. The molecule has 2 aromatic rings. The van der Waals surface area contributed by atoms with Gasteiger partial charge in [0.05, 0.1) is 12.6 Å². The van der Waals surface area contributed by atoms with E-state index in [9.17, 15) is 5.11 Å². The molecule has 1 heterocycles. The van der Waals surface area contributed by atoms with Gasteiger partial charge in [0, 0.05) is 6.42 Å². The van der Waals surface area contributed by atoms with Crippen LogP contribution in [0.25, 0.3) is 0 Å². The first-order valence-corrected chi connectivity index (χ1v) is 4.89. The van der Waals surface area contributed by atoms with E-state index in [0.29, 0.717) is 13.0 Å². The summed E-state index contributed by atoms with van der Waals surface area (Å²) in [6, 6.07) is 9.93. The zero-order valence-electron chi connectivity index (χ0n) is 8.32. The lowest BCUT2D eigenvalue weighted by atomic mass is 10.1. The van der Waals surface area contributed by atoms with Gasteiger partial charge in [0.25, 0.3) is 0 Å². The van der Waals surface area contributed by atoms with Gasteiger partial charge in [0.15, 0.2) is 0 Å². The number of nitrogens with zero attached hydrogens (tertiary/aromatic N) is 3. The van der Waals surface area contributed by atoms with Crippen LogP contribution in [-0.4, -0.2) is 26.0 Å². The van der Waals surface area contributed by atoms with Crippen molar-refractivity contribution >= 4 is 0 Å². The molecule has 1 aromatic carbocycles. The van der Waals surface area contributed by atoms with Crippen molar-refractivity contribution in [1.82, 2.24) is 14.8 Å². The SMILES string of the molecule is O[C@@H](Cc1ccccc1)Cn1cnnc1. The van der Waals surface area contributed by atoms with Crippen LogP contribution in [0, 0.1) is 0 Å². The van der Waals surface area contributed by atoms with Gasteiger partial charge in [0.2, 0.25) is 0 Å². The molecule has 0 aliphatic carbocycles. The van der Waals surface area contributed by atoms with Crippen molar-refractivity contribution < 1.29 is 5.11 Å². The molecule has 0 spiro atoms. The summed E-state index contributed by atoms with van der Waals surface area (Å²) in [5.74, 6) is 0. The minimum absolute atomic E-state index is 0.400. The van der Waals surface area contributed by atoms with Crippen LogP contribution in [0.2, 0.25) is 0 Å². The standard InChI is InChI=1S/C11H13N3O/c15-11(7-14-8-12-13-9-14)6-10-4-2-1-3-5-10/h1-5,8-9,11,15H,6-7H2/t11-/m0/s1. The molecule has 0 unspecified atom stereocenters. The summed E-state index contributed by atoms with van der Waals surface area (Å²) in [7, 11) is 0. The van der Waals surface area contributed by atoms with Crippen LogP contribution in [0.5, 0.6) is 0 Å². The molecular formula is C11H13N3O. The number of aliphatic hydroxyl groups excluding tert-OH is 1. The highest BCUT2D eigenvalue weighted by Crippen LogP contribution is 2.04. The number of hydrogen-bond donors (Lipinski definition) is 1. The maximum atomic E-state index is 9.80. The third kappa shape index (κ3) is 2.89. The van der Waals surface area contributed by atoms with Crippen molar-refractivity contribution in [3.05, 3.63) is 48.5 Å². The molecule has 78 valence electrons. The van der Waals surface area contributed by atoms with Gasteiger partial charge in [-0.25, -0.2) is 0 Å². The second kappa shape index (κ2) is 4.70. The number of hydrogen-bond acceptors (Lipinski definition) is 3. The zero-order valence-corrected chi connectivity index (χ0v) is 8.32. The highest BCUT2D eigenvalue weighted by atomic mass is 16.3. The summed E-state index contributed by atoms with van der Waals surface area (Å²) in [5.41, 5.74) is 1.14. The molecule has 1 atom stereocenters. The lowest BCUT2D eigenvalue weighted by Gasteiger charge is -2.10. The summed E-state index contributed by atoms with van der Waals surface area (Å²) < 4.78 is 1.77. The van der Waals surface area contributed by atoms with Crippen LogP contribution < -0.4 is 0 Å². The number of aliphatic hydroxyl groups is 1. The Morgan fingerprint density at radius 1 is 1.13 bits per heavy atom. The quantitative estimate of drug-likeness (QED) is 0.802. The number of aromatic nitrogens is 3. The van der Waals surface area contributed by atoms with Crippen molar-refractivity contribution in [2.45, 2.75) is 19.1 Å². The minimum Gasteiger partial charge on any atom is -0.391 e. The van der Waals surface area contributed by atoms with Gasteiger partial charge in [-0.3, -0.25) is 0 Å². The predicted molar refractivity (Wildman–Crippen MR) is 56.2 cm³/mol. The average molecular weight is 203 g/mol. The summed E-state index contributed by atoms with van der Waals surface area (Å²) in [5, 5.41) is 17.2. The monoisotopic (exact) mass is 203 g/mol. The second-order valence-corrected chi connectivity index (χ2v) is 3.50. The first kappa shape index (κ1) is 9.86. The molecular weight excluding hydrogens is 190 g/mol. The Morgan fingerprint density at radius 2 is 1.80 bits per heavy atom. The summed E-state index contributed by atoms with van der Waals surface area (Å²) in [4.78, 5) is 0. The van der Waals surface area contributed by atoms with Crippen LogP contribution in [-0.2, 0) is 13.0 Å². The van der Waals surface area contributed by atoms with Gasteiger partial charge in [-0.1, -0.05) is 30.3 Å². The topological polar surface area (TPSA) is 50.9 Å². The normalized spacial score (nSPS) is 12.6. The molecule has 0 saturated carbocycles. The fraction of sp³-hybridized carbons (Fsp3) is 0.273. The fourth-order valence-corrected chi connectivity index (χ4v) is 1.51. The van der Waals surface area contributed by atoms with Crippen LogP contribution >= 0.6 is 0 Å². The molecule has 1 aromatic heterocycles. The van der Waals surface area contributed by atoms with E-state index in [-0.39, 0.29) is 0 Å². The molecule has 0 saturated heterocycles. The summed E-state index contributed by atoms with van der Waals surface area (Å²) in [6.45, 7) is 0.530. The number of benzene rings is 1. The van der Waals surface area contributed by atoms with E-state index in [4.69, 9.17) is 0 Å².